The van der Waals surface area contributed by atoms with Crippen molar-refractivity contribution in [3.05, 3.63) is 30.7 Å². The first kappa shape index (κ1) is 14.2. The molecule has 6 heteroatoms. The van der Waals surface area contributed by atoms with Gasteiger partial charge in [0.05, 0.1) is 7.11 Å². The number of anilines is 1. The van der Waals surface area contributed by atoms with Crippen molar-refractivity contribution in [3.63, 3.8) is 0 Å². The number of rotatable bonds is 4. The molecule has 0 saturated carbocycles. The average Bonchev–Trinajstić information content (AvgIpc) is 2.47. The van der Waals surface area contributed by atoms with Crippen LogP contribution in [0, 0.1) is 6.42 Å². The Kier molecular flexibility index (Phi) is 4.45. The number of hydrogen-bond donors (Lipinski definition) is 1. The molecule has 1 radical (unpaired) electrons. The molecule has 1 saturated heterocycles. The van der Waals surface area contributed by atoms with Gasteiger partial charge < -0.3 is 20.3 Å². The van der Waals surface area contributed by atoms with Crippen molar-refractivity contribution in [3.8, 4) is 5.75 Å². The zero-order valence-corrected chi connectivity index (χ0v) is 11.4. The van der Waals surface area contributed by atoms with Crippen molar-refractivity contribution in [1.29, 1.82) is 0 Å². The molecule has 1 aliphatic heterocycles. The highest BCUT2D eigenvalue weighted by Gasteiger charge is 2.22. The van der Waals surface area contributed by atoms with E-state index in [4.69, 9.17) is 10.5 Å². The van der Waals surface area contributed by atoms with E-state index >= 15 is 0 Å². The third-order valence-electron chi connectivity index (χ3n) is 3.28. The Bertz CT molecular complexity index is 496. The second-order valence-corrected chi connectivity index (χ2v) is 4.56. The molecule has 2 N–H and O–H groups in total. The minimum absolute atomic E-state index is 0.317. The maximum atomic E-state index is 11.7. The summed E-state index contributed by atoms with van der Waals surface area (Å²) in [4.78, 5) is 26.2. The monoisotopic (exact) mass is 276 g/mol. The molecule has 1 aromatic carbocycles. The molecule has 2 rings (SSSR count). The van der Waals surface area contributed by atoms with Crippen molar-refractivity contribution in [2.75, 3.05) is 38.2 Å². The largest absolute Gasteiger partial charge is 0.497 e. The molecule has 20 heavy (non-hydrogen) atoms. The number of piperazine rings is 1. The van der Waals surface area contributed by atoms with Gasteiger partial charge in [-0.25, -0.2) is 0 Å². The number of carbonyl (C=O) groups excluding carboxylic acids is 2. The van der Waals surface area contributed by atoms with Crippen LogP contribution < -0.4 is 15.4 Å². The zero-order valence-electron chi connectivity index (χ0n) is 11.4. The molecule has 0 atom stereocenters. The van der Waals surface area contributed by atoms with Gasteiger partial charge in [-0.05, 0) is 12.1 Å². The predicted octanol–water partition coefficient (Wildman–Crippen LogP) is 0.0334. The molecule has 1 aromatic rings. The second-order valence-electron chi connectivity index (χ2n) is 4.56. The summed E-state index contributed by atoms with van der Waals surface area (Å²) in [5.74, 6) is -0.212. The molecule has 1 fully saturated rings. The van der Waals surface area contributed by atoms with E-state index in [0.717, 1.165) is 17.9 Å². The minimum Gasteiger partial charge on any atom is -0.497 e. The van der Waals surface area contributed by atoms with Crippen LogP contribution >= 0.6 is 0 Å². The van der Waals surface area contributed by atoms with Crippen LogP contribution in [0.15, 0.2) is 24.3 Å². The van der Waals surface area contributed by atoms with Gasteiger partial charge in [-0.15, -0.1) is 0 Å². The third kappa shape index (κ3) is 3.40. The van der Waals surface area contributed by atoms with Crippen LogP contribution in [0.1, 0.15) is 0 Å². The fourth-order valence-corrected chi connectivity index (χ4v) is 2.21. The van der Waals surface area contributed by atoms with Gasteiger partial charge in [-0.3, -0.25) is 9.59 Å². The van der Waals surface area contributed by atoms with E-state index in [0.29, 0.717) is 26.2 Å². The SMILES string of the molecule is COc1cccc(N2CCN(C(=O)[CH]C(N)=O)CC2)c1. The topological polar surface area (TPSA) is 75.9 Å². The minimum atomic E-state index is -0.703. The molecular formula is C14H18N3O3. The Morgan fingerprint density at radius 2 is 1.95 bits per heavy atom. The smallest absolute Gasteiger partial charge is 0.236 e. The van der Waals surface area contributed by atoms with Gasteiger partial charge in [0.1, 0.15) is 12.2 Å². The summed E-state index contributed by atoms with van der Waals surface area (Å²) in [5, 5.41) is 0. The highest BCUT2D eigenvalue weighted by Crippen LogP contribution is 2.22. The molecule has 1 heterocycles. The zero-order chi connectivity index (χ0) is 14.5. The number of nitrogens with zero attached hydrogens (tertiary/aromatic N) is 2. The van der Waals surface area contributed by atoms with Crippen molar-refractivity contribution in [2.24, 2.45) is 5.73 Å². The number of hydrogen-bond acceptors (Lipinski definition) is 4. The number of benzene rings is 1. The third-order valence-corrected chi connectivity index (χ3v) is 3.28. The molecule has 0 spiro atoms. The van der Waals surface area contributed by atoms with Gasteiger partial charge >= 0.3 is 0 Å². The fraction of sp³-hybridized carbons (Fsp3) is 0.357. The van der Waals surface area contributed by atoms with Crippen molar-refractivity contribution in [2.45, 2.75) is 0 Å². The Morgan fingerprint density at radius 1 is 1.25 bits per heavy atom. The maximum Gasteiger partial charge on any atom is 0.236 e. The summed E-state index contributed by atoms with van der Waals surface area (Å²) in [7, 11) is 1.63. The van der Waals surface area contributed by atoms with Crippen molar-refractivity contribution < 1.29 is 14.3 Å². The lowest BCUT2D eigenvalue weighted by molar-refractivity contribution is -0.130. The Labute approximate surface area is 118 Å². The fourth-order valence-electron chi connectivity index (χ4n) is 2.21. The van der Waals surface area contributed by atoms with E-state index < -0.39 is 5.91 Å². The Hall–Kier alpha value is -2.24. The van der Waals surface area contributed by atoms with Crippen LogP contribution in [0.5, 0.6) is 5.75 Å². The number of methoxy groups -OCH3 is 1. The number of carbonyl (C=O) groups is 2. The van der Waals surface area contributed by atoms with Gasteiger partial charge in [-0.2, -0.15) is 0 Å². The molecule has 0 unspecified atom stereocenters. The highest BCUT2D eigenvalue weighted by atomic mass is 16.5. The summed E-state index contributed by atoms with van der Waals surface area (Å²) in [5.41, 5.74) is 6.05. The van der Waals surface area contributed by atoms with Crippen LogP contribution in [0.4, 0.5) is 5.69 Å². The van der Waals surface area contributed by atoms with Crippen molar-refractivity contribution >= 4 is 17.5 Å². The first-order valence-electron chi connectivity index (χ1n) is 6.42. The number of ether oxygens (including phenoxy) is 1. The van der Waals surface area contributed by atoms with E-state index in [9.17, 15) is 9.59 Å². The number of primary amides is 1. The molecule has 2 amide bonds. The predicted molar refractivity (Wildman–Crippen MR) is 75.3 cm³/mol. The lowest BCUT2D eigenvalue weighted by Gasteiger charge is -2.36. The van der Waals surface area contributed by atoms with E-state index in [-0.39, 0.29) is 5.91 Å². The van der Waals surface area contributed by atoms with E-state index in [1.54, 1.807) is 12.0 Å². The molecule has 1 aliphatic rings. The van der Waals surface area contributed by atoms with Gasteiger partial charge in [0.25, 0.3) is 0 Å². The van der Waals surface area contributed by atoms with Crippen LogP contribution in [-0.4, -0.2) is 50.0 Å². The number of nitrogens with two attached hydrogens (primary N) is 1. The maximum absolute atomic E-state index is 11.7. The lowest BCUT2D eigenvalue weighted by Crippen LogP contribution is -2.49. The highest BCUT2D eigenvalue weighted by molar-refractivity contribution is 6.07. The summed E-state index contributed by atoms with van der Waals surface area (Å²) in [6, 6.07) is 7.81. The van der Waals surface area contributed by atoms with Crippen LogP contribution in [0.25, 0.3) is 0 Å². The first-order valence-corrected chi connectivity index (χ1v) is 6.42. The van der Waals surface area contributed by atoms with Crippen LogP contribution in [0.2, 0.25) is 0 Å². The molecular weight excluding hydrogens is 258 g/mol. The quantitative estimate of drug-likeness (QED) is 0.787. The summed E-state index contributed by atoms with van der Waals surface area (Å²) in [6.45, 7) is 2.57. The van der Waals surface area contributed by atoms with Gasteiger partial charge in [-0.1, -0.05) is 6.07 Å². The van der Waals surface area contributed by atoms with Crippen LogP contribution in [0.3, 0.4) is 0 Å². The molecule has 6 nitrogen and oxygen atoms in total. The van der Waals surface area contributed by atoms with E-state index in [1.807, 2.05) is 24.3 Å². The van der Waals surface area contributed by atoms with E-state index in [1.165, 1.54) is 0 Å². The average molecular weight is 276 g/mol. The Balaban J connectivity index is 1.93. The van der Waals surface area contributed by atoms with Gasteiger partial charge in [0.15, 0.2) is 0 Å². The van der Waals surface area contributed by atoms with E-state index in [2.05, 4.69) is 4.90 Å². The standard InChI is InChI=1S/C14H18N3O3/c1-20-12-4-2-3-11(9-12)16-5-7-17(8-6-16)14(19)10-13(15)18/h2-4,9-10H,5-8H2,1H3,(H2,15,18). The van der Waals surface area contributed by atoms with Gasteiger partial charge in [0.2, 0.25) is 11.8 Å². The molecule has 0 aliphatic carbocycles. The molecule has 0 aromatic heterocycles. The summed E-state index contributed by atoms with van der Waals surface area (Å²) in [6.07, 6.45) is 0.932. The number of amides is 2. The van der Waals surface area contributed by atoms with Gasteiger partial charge in [0, 0.05) is 37.9 Å². The summed E-state index contributed by atoms with van der Waals surface area (Å²) >= 11 is 0. The molecule has 0 bridgehead atoms. The van der Waals surface area contributed by atoms with Crippen molar-refractivity contribution in [1.82, 2.24) is 4.90 Å². The normalized spacial score (nSPS) is 15.1. The molecule has 107 valence electrons. The first-order chi connectivity index (χ1) is 9.60. The Morgan fingerprint density at radius 3 is 2.55 bits per heavy atom. The van der Waals surface area contributed by atoms with Crippen LogP contribution in [-0.2, 0) is 9.59 Å². The lowest BCUT2D eigenvalue weighted by atomic mass is 10.2. The summed E-state index contributed by atoms with van der Waals surface area (Å²) < 4.78 is 5.20. The second kappa shape index (κ2) is 6.27.